The third-order valence-corrected chi connectivity index (χ3v) is 5.02. The molecule has 0 unspecified atom stereocenters. The Morgan fingerprint density at radius 3 is 2.44 bits per heavy atom. The minimum atomic E-state index is -0.482. The van der Waals surface area contributed by atoms with Crippen LogP contribution in [0.25, 0.3) is 0 Å². The van der Waals surface area contributed by atoms with Gasteiger partial charge in [-0.25, -0.2) is 0 Å². The van der Waals surface area contributed by atoms with E-state index < -0.39 is 5.60 Å². The zero-order valence-electron chi connectivity index (χ0n) is 10.1. The normalized spacial score (nSPS) is 22.1. The summed E-state index contributed by atoms with van der Waals surface area (Å²) in [5.41, 5.74) is 3.17. The minimum Gasteiger partial charge on any atom is -0.493 e. The second-order valence-corrected chi connectivity index (χ2v) is 6.30. The number of hydrogen-bond acceptors (Lipinski definition) is 3. The summed E-state index contributed by atoms with van der Waals surface area (Å²) in [6.45, 7) is 1.48. The highest BCUT2D eigenvalue weighted by atomic mass is 79.9. The standard InChI is InChI=1S/C14H15BrO3/c15-11-9-2-6-17-12(9)10(7-14(16)3-4-14)8-1-5-18-13(8)11/h16H,1-7H2. The number of fused-ring (bicyclic) bond motifs is 2. The zero-order chi connectivity index (χ0) is 12.3. The van der Waals surface area contributed by atoms with Crippen LogP contribution in [0.2, 0.25) is 0 Å². The van der Waals surface area contributed by atoms with Gasteiger partial charge in [0, 0.05) is 36.0 Å². The molecule has 0 saturated heterocycles. The number of benzene rings is 1. The Kier molecular flexibility index (Phi) is 2.25. The lowest BCUT2D eigenvalue weighted by molar-refractivity contribution is 0.149. The smallest absolute Gasteiger partial charge is 0.137 e. The van der Waals surface area contributed by atoms with Crippen molar-refractivity contribution in [2.24, 2.45) is 0 Å². The second-order valence-electron chi connectivity index (χ2n) is 5.51. The van der Waals surface area contributed by atoms with Gasteiger partial charge in [0.25, 0.3) is 0 Å². The van der Waals surface area contributed by atoms with E-state index in [-0.39, 0.29) is 0 Å². The Morgan fingerprint density at radius 2 is 1.72 bits per heavy atom. The fourth-order valence-electron chi connectivity index (χ4n) is 2.99. The molecule has 3 aliphatic rings. The molecule has 1 aliphatic carbocycles. The van der Waals surface area contributed by atoms with Gasteiger partial charge >= 0.3 is 0 Å². The molecular weight excluding hydrogens is 296 g/mol. The van der Waals surface area contributed by atoms with E-state index in [0.717, 1.165) is 54.9 Å². The molecule has 1 fully saturated rings. The molecule has 1 aromatic rings. The van der Waals surface area contributed by atoms with E-state index in [9.17, 15) is 5.11 Å². The Hall–Kier alpha value is -0.740. The molecule has 1 saturated carbocycles. The van der Waals surface area contributed by atoms with E-state index in [1.807, 2.05) is 0 Å². The van der Waals surface area contributed by atoms with Crippen LogP contribution in [-0.4, -0.2) is 23.9 Å². The maximum absolute atomic E-state index is 10.2. The highest BCUT2D eigenvalue weighted by molar-refractivity contribution is 9.10. The molecule has 18 heavy (non-hydrogen) atoms. The summed E-state index contributed by atoms with van der Waals surface area (Å²) in [6.07, 6.45) is 4.39. The number of aliphatic hydroxyl groups is 1. The Morgan fingerprint density at radius 1 is 1.06 bits per heavy atom. The number of ether oxygens (including phenoxy) is 2. The topological polar surface area (TPSA) is 38.7 Å². The molecule has 0 atom stereocenters. The Balaban J connectivity index is 1.90. The van der Waals surface area contributed by atoms with Crippen LogP contribution in [0.1, 0.15) is 29.5 Å². The maximum Gasteiger partial charge on any atom is 0.137 e. The van der Waals surface area contributed by atoms with Crippen molar-refractivity contribution in [3.63, 3.8) is 0 Å². The molecular formula is C14H15BrO3. The van der Waals surface area contributed by atoms with Gasteiger partial charge in [0.15, 0.2) is 0 Å². The van der Waals surface area contributed by atoms with Crippen molar-refractivity contribution in [3.05, 3.63) is 21.2 Å². The molecule has 4 heteroatoms. The van der Waals surface area contributed by atoms with Crippen LogP contribution < -0.4 is 9.47 Å². The summed E-state index contributed by atoms with van der Waals surface area (Å²) in [5, 5.41) is 10.2. The van der Waals surface area contributed by atoms with E-state index in [2.05, 4.69) is 15.9 Å². The lowest BCUT2D eigenvalue weighted by Gasteiger charge is -2.17. The first-order chi connectivity index (χ1) is 8.68. The first-order valence-electron chi connectivity index (χ1n) is 6.52. The van der Waals surface area contributed by atoms with Gasteiger partial charge in [0.2, 0.25) is 0 Å². The summed E-state index contributed by atoms with van der Waals surface area (Å²) in [4.78, 5) is 0. The van der Waals surface area contributed by atoms with Crippen LogP contribution in [0.3, 0.4) is 0 Å². The summed E-state index contributed by atoms with van der Waals surface area (Å²) in [5.74, 6) is 1.99. The Bertz CT molecular complexity index is 499. The fraction of sp³-hybridized carbons (Fsp3) is 0.571. The molecule has 3 nitrogen and oxygen atoms in total. The molecule has 4 rings (SSSR count). The fourth-order valence-corrected chi connectivity index (χ4v) is 3.72. The van der Waals surface area contributed by atoms with E-state index in [0.29, 0.717) is 6.42 Å². The third kappa shape index (κ3) is 1.51. The summed E-state index contributed by atoms with van der Waals surface area (Å²) in [6, 6.07) is 0. The lowest BCUT2D eigenvalue weighted by atomic mass is 9.94. The molecule has 0 aromatic heterocycles. The van der Waals surface area contributed by atoms with Crippen LogP contribution in [0.4, 0.5) is 0 Å². The molecule has 96 valence electrons. The quantitative estimate of drug-likeness (QED) is 0.911. The van der Waals surface area contributed by atoms with Crippen molar-refractivity contribution < 1.29 is 14.6 Å². The van der Waals surface area contributed by atoms with E-state index >= 15 is 0 Å². The highest BCUT2D eigenvalue weighted by Crippen LogP contribution is 2.50. The Labute approximate surface area is 114 Å². The molecule has 0 amide bonds. The van der Waals surface area contributed by atoms with Crippen molar-refractivity contribution in [1.82, 2.24) is 0 Å². The summed E-state index contributed by atoms with van der Waals surface area (Å²) < 4.78 is 12.6. The molecule has 1 aromatic carbocycles. The van der Waals surface area contributed by atoms with Crippen LogP contribution in [0.15, 0.2) is 4.47 Å². The van der Waals surface area contributed by atoms with Gasteiger partial charge in [0.1, 0.15) is 11.5 Å². The van der Waals surface area contributed by atoms with Crippen molar-refractivity contribution >= 4 is 15.9 Å². The molecule has 0 bridgehead atoms. The van der Waals surface area contributed by atoms with Gasteiger partial charge in [-0.15, -0.1) is 0 Å². The summed E-state index contributed by atoms with van der Waals surface area (Å²) in [7, 11) is 0. The average Bonchev–Trinajstić information content (AvgIpc) is 2.87. The summed E-state index contributed by atoms with van der Waals surface area (Å²) >= 11 is 3.65. The van der Waals surface area contributed by atoms with Crippen LogP contribution in [-0.2, 0) is 19.3 Å². The van der Waals surface area contributed by atoms with E-state index in [4.69, 9.17) is 9.47 Å². The van der Waals surface area contributed by atoms with Crippen molar-refractivity contribution in [1.29, 1.82) is 0 Å². The molecule has 0 radical (unpaired) electrons. The van der Waals surface area contributed by atoms with Crippen molar-refractivity contribution in [2.45, 2.75) is 37.7 Å². The average molecular weight is 311 g/mol. The maximum atomic E-state index is 10.2. The third-order valence-electron chi connectivity index (χ3n) is 4.18. The van der Waals surface area contributed by atoms with E-state index in [1.165, 1.54) is 16.7 Å². The highest BCUT2D eigenvalue weighted by Gasteiger charge is 2.43. The SMILES string of the molecule is OC1(Cc2c3c(c(Br)c4c2OCC4)OCC3)CC1. The van der Waals surface area contributed by atoms with Crippen LogP contribution in [0.5, 0.6) is 11.5 Å². The number of hydrogen-bond donors (Lipinski definition) is 1. The lowest BCUT2D eigenvalue weighted by Crippen LogP contribution is -2.13. The first-order valence-corrected chi connectivity index (χ1v) is 7.31. The molecule has 2 heterocycles. The van der Waals surface area contributed by atoms with E-state index in [1.54, 1.807) is 0 Å². The monoisotopic (exact) mass is 310 g/mol. The number of halogens is 1. The van der Waals surface area contributed by atoms with Crippen molar-refractivity contribution in [2.75, 3.05) is 13.2 Å². The van der Waals surface area contributed by atoms with Gasteiger partial charge in [-0.1, -0.05) is 0 Å². The first kappa shape index (κ1) is 11.1. The molecule has 1 N–H and O–H groups in total. The van der Waals surface area contributed by atoms with Crippen LogP contribution >= 0.6 is 15.9 Å². The van der Waals surface area contributed by atoms with Gasteiger partial charge in [0.05, 0.1) is 23.3 Å². The van der Waals surface area contributed by atoms with Gasteiger partial charge < -0.3 is 14.6 Å². The van der Waals surface area contributed by atoms with Crippen molar-refractivity contribution in [3.8, 4) is 11.5 Å². The van der Waals surface area contributed by atoms with Gasteiger partial charge in [-0.2, -0.15) is 0 Å². The zero-order valence-corrected chi connectivity index (χ0v) is 11.7. The van der Waals surface area contributed by atoms with Gasteiger partial charge in [-0.05, 0) is 28.8 Å². The predicted octanol–water partition coefficient (Wildman–Crippen LogP) is 2.39. The predicted molar refractivity (Wildman–Crippen MR) is 70.4 cm³/mol. The minimum absolute atomic E-state index is 0.482. The molecule has 0 spiro atoms. The molecule has 2 aliphatic heterocycles. The van der Waals surface area contributed by atoms with Gasteiger partial charge in [-0.3, -0.25) is 0 Å². The number of rotatable bonds is 2. The second kappa shape index (κ2) is 3.64. The largest absolute Gasteiger partial charge is 0.493 e. The van der Waals surface area contributed by atoms with Crippen LogP contribution in [0, 0.1) is 0 Å².